The van der Waals surface area contributed by atoms with Crippen LogP contribution in [0.1, 0.15) is 6.23 Å². The summed E-state index contributed by atoms with van der Waals surface area (Å²) < 4.78 is 26.4. The molecule has 0 bridgehead atoms. The number of methoxy groups -OCH3 is 1. The number of halogens is 1. The lowest BCUT2D eigenvalue weighted by molar-refractivity contribution is -0.0517. The standard InChI is InChI=1S/C12H16FN5O5/c1-22-4-17-5-2-15-11(14)16-9(5)18(12(17)21)10-8(20)7(13)6(3-19)23-10/h2,6-8,10,19-20H,3-4H2,1H3,(H2,14,15,16)/t6-,7-,8-,10-/m1/s1. The quantitative estimate of drug-likeness (QED) is 0.608. The van der Waals surface area contributed by atoms with Crippen LogP contribution in [0.3, 0.4) is 0 Å². The van der Waals surface area contributed by atoms with Gasteiger partial charge in [0.05, 0.1) is 12.8 Å². The zero-order valence-corrected chi connectivity index (χ0v) is 12.2. The van der Waals surface area contributed by atoms with Crippen LogP contribution >= 0.6 is 0 Å². The van der Waals surface area contributed by atoms with E-state index in [0.29, 0.717) is 5.52 Å². The van der Waals surface area contributed by atoms with Gasteiger partial charge in [0.1, 0.15) is 24.5 Å². The Morgan fingerprint density at radius 2 is 2.30 bits per heavy atom. The van der Waals surface area contributed by atoms with Crippen LogP contribution in [-0.4, -0.2) is 61.4 Å². The van der Waals surface area contributed by atoms with E-state index in [-0.39, 0.29) is 18.3 Å². The highest BCUT2D eigenvalue weighted by Crippen LogP contribution is 2.32. The van der Waals surface area contributed by atoms with Crippen LogP contribution in [0.2, 0.25) is 0 Å². The zero-order valence-electron chi connectivity index (χ0n) is 12.2. The normalized spacial score (nSPS) is 27.8. The molecule has 0 spiro atoms. The molecule has 0 aromatic carbocycles. The van der Waals surface area contributed by atoms with E-state index in [1.54, 1.807) is 0 Å². The summed E-state index contributed by atoms with van der Waals surface area (Å²) in [5.41, 5.74) is 5.29. The molecule has 2 aromatic rings. The Morgan fingerprint density at radius 3 is 2.91 bits per heavy atom. The minimum atomic E-state index is -1.84. The Morgan fingerprint density at radius 1 is 1.57 bits per heavy atom. The Balaban J connectivity index is 2.19. The number of imidazole rings is 1. The molecule has 0 aliphatic carbocycles. The average Bonchev–Trinajstić information content (AvgIpc) is 2.95. The van der Waals surface area contributed by atoms with E-state index in [1.807, 2.05) is 0 Å². The molecule has 2 aromatic heterocycles. The molecule has 126 valence electrons. The predicted molar refractivity (Wildman–Crippen MR) is 75.1 cm³/mol. The molecular weight excluding hydrogens is 313 g/mol. The number of hydrogen-bond donors (Lipinski definition) is 3. The van der Waals surface area contributed by atoms with Gasteiger partial charge in [0.15, 0.2) is 18.0 Å². The Kier molecular flexibility index (Phi) is 4.02. The SMILES string of the molecule is COCn1c(=O)n([C@@H]2O[C@H](CO)[C@@H](F)[C@H]2O)c2nc(N)ncc21. The van der Waals surface area contributed by atoms with Crippen molar-refractivity contribution < 1.29 is 24.1 Å². The smallest absolute Gasteiger partial charge is 0.334 e. The lowest BCUT2D eigenvalue weighted by Gasteiger charge is -2.15. The van der Waals surface area contributed by atoms with Gasteiger partial charge in [0, 0.05) is 7.11 Å². The third kappa shape index (κ3) is 2.37. The molecule has 3 rings (SSSR count). The first-order chi connectivity index (χ1) is 11.0. The maximum Gasteiger partial charge on any atom is 0.334 e. The second-order valence-corrected chi connectivity index (χ2v) is 5.12. The maximum atomic E-state index is 13.9. The van der Waals surface area contributed by atoms with Gasteiger partial charge in [-0.2, -0.15) is 4.98 Å². The molecule has 4 atom stereocenters. The summed E-state index contributed by atoms with van der Waals surface area (Å²) in [6, 6.07) is 0. The first kappa shape index (κ1) is 15.8. The molecule has 0 unspecified atom stereocenters. The van der Waals surface area contributed by atoms with Crippen LogP contribution in [0.15, 0.2) is 11.0 Å². The van der Waals surface area contributed by atoms with Crippen molar-refractivity contribution in [2.75, 3.05) is 19.5 Å². The average molecular weight is 329 g/mol. The van der Waals surface area contributed by atoms with Gasteiger partial charge in [0.25, 0.3) is 0 Å². The van der Waals surface area contributed by atoms with Gasteiger partial charge in [-0.15, -0.1) is 0 Å². The molecule has 4 N–H and O–H groups in total. The lowest BCUT2D eigenvalue weighted by Crippen LogP contribution is -2.34. The summed E-state index contributed by atoms with van der Waals surface area (Å²) in [6.45, 7) is -0.724. The third-order valence-corrected chi connectivity index (χ3v) is 3.71. The van der Waals surface area contributed by atoms with Gasteiger partial charge in [-0.1, -0.05) is 0 Å². The number of aliphatic hydroxyl groups is 2. The number of alkyl halides is 1. The highest BCUT2D eigenvalue weighted by Gasteiger charge is 2.46. The van der Waals surface area contributed by atoms with Crippen molar-refractivity contribution in [1.82, 2.24) is 19.1 Å². The van der Waals surface area contributed by atoms with Crippen LogP contribution in [0, 0.1) is 0 Å². The number of hydrogen-bond acceptors (Lipinski definition) is 8. The molecule has 1 aliphatic heterocycles. The monoisotopic (exact) mass is 329 g/mol. The highest BCUT2D eigenvalue weighted by atomic mass is 19.1. The summed E-state index contributed by atoms with van der Waals surface area (Å²) >= 11 is 0. The van der Waals surface area contributed by atoms with Crippen LogP contribution < -0.4 is 11.4 Å². The number of nitrogens with two attached hydrogens (primary N) is 1. The third-order valence-electron chi connectivity index (χ3n) is 3.71. The Labute approximate surface area is 128 Å². The second kappa shape index (κ2) is 5.85. The van der Waals surface area contributed by atoms with Crippen molar-refractivity contribution in [2.45, 2.75) is 31.3 Å². The largest absolute Gasteiger partial charge is 0.394 e. The number of aromatic nitrogens is 4. The maximum absolute atomic E-state index is 13.9. The number of rotatable bonds is 4. The van der Waals surface area contributed by atoms with Crippen LogP contribution in [0.4, 0.5) is 10.3 Å². The summed E-state index contributed by atoms with van der Waals surface area (Å²) in [5.74, 6) is -0.0937. The van der Waals surface area contributed by atoms with E-state index in [4.69, 9.17) is 20.3 Å². The van der Waals surface area contributed by atoms with Crippen molar-refractivity contribution in [3.63, 3.8) is 0 Å². The van der Waals surface area contributed by atoms with Gasteiger partial charge >= 0.3 is 5.69 Å². The van der Waals surface area contributed by atoms with Crippen molar-refractivity contribution >= 4 is 17.1 Å². The molecule has 3 heterocycles. The summed E-state index contributed by atoms with van der Waals surface area (Å²) in [7, 11) is 1.40. The fourth-order valence-electron chi connectivity index (χ4n) is 2.62. The van der Waals surface area contributed by atoms with Crippen LogP contribution in [-0.2, 0) is 16.2 Å². The fourth-order valence-corrected chi connectivity index (χ4v) is 2.62. The number of nitrogens with zero attached hydrogens (tertiary/aromatic N) is 4. The molecule has 0 radical (unpaired) electrons. The second-order valence-electron chi connectivity index (χ2n) is 5.12. The number of nitrogen functional groups attached to an aromatic ring is 1. The minimum Gasteiger partial charge on any atom is -0.394 e. The van der Waals surface area contributed by atoms with Crippen molar-refractivity contribution in [3.8, 4) is 0 Å². The Bertz CT molecular complexity index is 777. The lowest BCUT2D eigenvalue weighted by atomic mass is 10.1. The molecular formula is C12H16FN5O5. The van der Waals surface area contributed by atoms with Crippen LogP contribution in [0.25, 0.3) is 11.2 Å². The van der Waals surface area contributed by atoms with Crippen molar-refractivity contribution in [3.05, 3.63) is 16.7 Å². The summed E-state index contributed by atoms with van der Waals surface area (Å²) in [4.78, 5) is 20.4. The molecule has 11 heteroatoms. The van der Waals surface area contributed by atoms with E-state index in [1.165, 1.54) is 17.9 Å². The van der Waals surface area contributed by atoms with Crippen molar-refractivity contribution in [1.29, 1.82) is 0 Å². The molecule has 23 heavy (non-hydrogen) atoms. The van der Waals surface area contributed by atoms with E-state index in [0.717, 1.165) is 4.57 Å². The van der Waals surface area contributed by atoms with Gasteiger partial charge in [-0.05, 0) is 0 Å². The Hall–Kier alpha value is -2.08. The zero-order chi connectivity index (χ0) is 16.7. The molecule has 0 saturated carbocycles. The van der Waals surface area contributed by atoms with Gasteiger partial charge in [-0.25, -0.2) is 18.7 Å². The fraction of sp³-hybridized carbons (Fsp3) is 0.583. The van der Waals surface area contributed by atoms with Gasteiger partial charge in [0.2, 0.25) is 5.95 Å². The molecule has 10 nitrogen and oxygen atoms in total. The number of aliphatic hydroxyl groups excluding tert-OH is 2. The van der Waals surface area contributed by atoms with E-state index in [9.17, 15) is 14.3 Å². The number of ether oxygens (including phenoxy) is 2. The minimum absolute atomic E-state index is 0.0781. The molecule has 1 aliphatic rings. The highest BCUT2D eigenvalue weighted by molar-refractivity contribution is 5.71. The van der Waals surface area contributed by atoms with E-state index < -0.39 is 36.9 Å². The first-order valence-corrected chi connectivity index (χ1v) is 6.80. The van der Waals surface area contributed by atoms with Crippen molar-refractivity contribution in [2.24, 2.45) is 0 Å². The molecule has 1 fully saturated rings. The van der Waals surface area contributed by atoms with Gasteiger partial charge < -0.3 is 25.4 Å². The van der Waals surface area contributed by atoms with E-state index >= 15 is 0 Å². The summed E-state index contributed by atoms with van der Waals surface area (Å²) in [6.07, 6.45) is -4.72. The first-order valence-electron chi connectivity index (χ1n) is 6.80. The van der Waals surface area contributed by atoms with E-state index in [2.05, 4.69) is 9.97 Å². The van der Waals surface area contributed by atoms with Crippen LogP contribution in [0.5, 0.6) is 0 Å². The predicted octanol–water partition coefficient (Wildman–Crippen LogP) is -1.63. The topological polar surface area (TPSA) is 138 Å². The summed E-state index contributed by atoms with van der Waals surface area (Å²) in [5, 5.41) is 19.1. The van der Waals surface area contributed by atoms with Gasteiger partial charge in [-0.3, -0.25) is 4.57 Å². The molecule has 1 saturated heterocycles. The number of fused-ring (bicyclic) bond motifs is 1. The molecule has 0 amide bonds. The number of anilines is 1.